The molecule has 0 aliphatic carbocycles. The van der Waals surface area contributed by atoms with Gasteiger partial charge in [-0.3, -0.25) is 0 Å². The molecule has 0 amide bonds. The largest absolute Gasteiger partial charge is 0.402 e. The van der Waals surface area contributed by atoms with Crippen molar-refractivity contribution in [2.24, 2.45) is 5.92 Å². The van der Waals surface area contributed by atoms with Gasteiger partial charge in [-0.2, -0.15) is 26.3 Å². The van der Waals surface area contributed by atoms with E-state index in [0.29, 0.717) is 14.7 Å². The van der Waals surface area contributed by atoms with Crippen LogP contribution in [0.2, 0.25) is 0 Å². The van der Waals surface area contributed by atoms with Crippen LogP contribution in [0.5, 0.6) is 0 Å². The van der Waals surface area contributed by atoms with Crippen molar-refractivity contribution in [3.05, 3.63) is 19.2 Å². The lowest BCUT2D eigenvalue weighted by Crippen LogP contribution is -2.45. The van der Waals surface area contributed by atoms with Gasteiger partial charge in [-0.25, -0.2) is 0 Å². The van der Waals surface area contributed by atoms with Crippen LogP contribution < -0.4 is 5.32 Å². The Morgan fingerprint density at radius 3 is 2.00 bits per heavy atom. The van der Waals surface area contributed by atoms with Crippen LogP contribution in [0.4, 0.5) is 26.3 Å². The molecule has 122 valence electrons. The molecule has 0 spiro atoms. The minimum atomic E-state index is -5.38. The molecule has 1 N–H and O–H groups in total. The topological polar surface area (TPSA) is 12.0 Å². The second-order valence-corrected chi connectivity index (χ2v) is 7.52. The maximum Gasteiger partial charge on any atom is 0.402 e. The van der Waals surface area contributed by atoms with Gasteiger partial charge in [0.05, 0.1) is 9.83 Å². The highest BCUT2D eigenvalue weighted by atomic mass is 79.9. The van der Waals surface area contributed by atoms with Gasteiger partial charge in [0.15, 0.2) is 5.92 Å². The molecule has 0 fully saturated rings. The third-order valence-electron chi connectivity index (χ3n) is 2.62. The van der Waals surface area contributed by atoms with Crippen molar-refractivity contribution in [2.75, 3.05) is 6.54 Å². The molecule has 1 unspecified atom stereocenters. The SMILES string of the molecule is CCCNC(c1cc(Br)c(Br)s1)C(C(F)(F)F)C(F)(F)F. The molecule has 1 rings (SSSR count). The van der Waals surface area contributed by atoms with Gasteiger partial charge in [0.1, 0.15) is 0 Å². The molecular weight excluding hydrogens is 452 g/mol. The fraction of sp³-hybridized carbons (Fsp3) is 0.636. The molecule has 0 aliphatic rings. The summed E-state index contributed by atoms with van der Waals surface area (Å²) in [5.41, 5.74) is 0. The van der Waals surface area contributed by atoms with E-state index in [1.807, 2.05) is 0 Å². The lowest BCUT2D eigenvalue weighted by atomic mass is 9.96. The number of rotatable bonds is 5. The number of alkyl halides is 6. The predicted molar refractivity (Wildman–Crippen MR) is 76.4 cm³/mol. The lowest BCUT2D eigenvalue weighted by molar-refractivity contribution is -0.292. The van der Waals surface area contributed by atoms with Crippen LogP contribution in [0.15, 0.2) is 14.3 Å². The first-order chi connectivity index (χ1) is 9.48. The molecule has 1 aromatic rings. The Balaban J connectivity index is 3.26. The Labute approximate surface area is 138 Å². The number of hydrogen-bond donors (Lipinski definition) is 1. The van der Waals surface area contributed by atoms with Gasteiger partial charge in [-0.05, 0) is 50.9 Å². The van der Waals surface area contributed by atoms with Gasteiger partial charge in [-0.15, -0.1) is 11.3 Å². The minimum Gasteiger partial charge on any atom is -0.308 e. The summed E-state index contributed by atoms with van der Waals surface area (Å²) in [5, 5.41) is 2.37. The van der Waals surface area contributed by atoms with E-state index in [-0.39, 0.29) is 11.4 Å². The Morgan fingerprint density at radius 1 is 1.14 bits per heavy atom. The zero-order valence-electron chi connectivity index (χ0n) is 10.6. The second kappa shape index (κ2) is 7.18. The van der Waals surface area contributed by atoms with Crippen molar-refractivity contribution >= 4 is 43.2 Å². The van der Waals surface area contributed by atoms with E-state index >= 15 is 0 Å². The predicted octanol–water partition coefficient (Wildman–Crippen LogP) is 6.05. The maximum absolute atomic E-state index is 12.9. The van der Waals surface area contributed by atoms with Crippen LogP contribution in [-0.4, -0.2) is 18.9 Å². The Kier molecular flexibility index (Phi) is 6.58. The Morgan fingerprint density at radius 2 is 1.67 bits per heavy atom. The normalized spacial score (nSPS) is 14.8. The Bertz CT molecular complexity index is 437. The van der Waals surface area contributed by atoms with E-state index in [1.54, 1.807) is 6.92 Å². The first-order valence-electron chi connectivity index (χ1n) is 5.80. The van der Waals surface area contributed by atoms with Gasteiger partial charge in [0, 0.05) is 9.35 Å². The number of thiophene rings is 1. The van der Waals surface area contributed by atoms with Crippen LogP contribution in [-0.2, 0) is 0 Å². The van der Waals surface area contributed by atoms with E-state index in [1.165, 1.54) is 6.07 Å². The fourth-order valence-corrected chi connectivity index (χ4v) is 3.97. The molecule has 1 atom stereocenters. The second-order valence-electron chi connectivity index (χ2n) is 4.26. The number of hydrogen-bond acceptors (Lipinski definition) is 2. The van der Waals surface area contributed by atoms with Gasteiger partial charge in [0.25, 0.3) is 0 Å². The van der Waals surface area contributed by atoms with Crippen LogP contribution >= 0.6 is 43.2 Å². The van der Waals surface area contributed by atoms with Gasteiger partial charge in [-0.1, -0.05) is 6.92 Å². The van der Waals surface area contributed by atoms with Crippen molar-refractivity contribution in [3.8, 4) is 0 Å². The smallest absolute Gasteiger partial charge is 0.308 e. The van der Waals surface area contributed by atoms with Crippen molar-refractivity contribution < 1.29 is 26.3 Å². The molecule has 10 heteroatoms. The van der Waals surface area contributed by atoms with Crippen LogP contribution in [0.3, 0.4) is 0 Å². The Hall–Kier alpha value is 0.200. The van der Waals surface area contributed by atoms with Crippen LogP contribution in [0, 0.1) is 5.92 Å². The van der Waals surface area contributed by atoms with Crippen molar-refractivity contribution in [1.29, 1.82) is 0 Å². The van der Waals surface area contributed by atoms with E-state index < -0.39 is 24.3 Å². The van der Waals surface area contributed by atoms with Crippen molar-refractivity contribution in [1.82, 2.24) is 5.32 Å². The van der Waals surface area contributed by atoms with E-state index in [9.17, 15) is 26.3 Å². The first kappa shape index (κ1) is 19.2. The standard InChI is InChI=1S/C11H11Br2F6NS/c1-2-3-20-7(6-4-5(12)9(13)21-6)8(10(14,15)16)11(17,18)19/h4,7-8,20H,2-3H2,1H3. The van der Waals surface area contributed by atoms with E-state index in [4.69, 9.17) is 0 Å². The highest BCUT2D eigenvalue weighted by Gasteiger charge is 2.60. The quantitative estimate of drug-likeness (QED) is 0.525. The van der Waals surface area contributed by atoms with Gasteiger partial charge >= 0.3 is 12.4 Å². The minimum absolute atomic E-state index is 0.0261. The number of halogens is 8. The molecule has 0 saturated heterocycles. The molecule has 0 aliphatic heterocycles. The molecule has 1 nitrogen and oxygen atoms in total. The van der Waals surface area contributed by atoms with Crippen molar-refractivity contribution in [3.63, 3.8) is 0 Å². The molecule has 21 heavy (non-hydrogen) atoms. The monoisotopic (exact) mass is 461 g/mol. The molecule has 1 aromatic heterocycles. The third-order valence-corrected chi connectivity index (χ3v) is 5.96. The number of nitrogens with one attached hydrogen (secondary N) is 1. The molecule has 0 bridgehead atoms. The van der Waals surface area contributed by atoms with E-state index in [0.717, 1.165) is 11.3 Å². The molecule has 0 radical (unpaired) electrons. The zero-order valence-corrected chi connectivity index (χ0v) is 14.6. The first-order valence-corrected chi connectivity index (χ1v) is 8.20. The fourth-order valence-electron chi connectivity index (χ4n) is 1.76. The van der Waals surface area contributed by atoms with Crippen LogP contribution in [0.1, 0.15) is 24.3 Å². The van der Waals surface area contributed by atoms with Gasteiger partial charge in [0.2, 0.25) is 0 Å². The summed E-state index contributed by atoms with van der Waals surface area (Å²) in [5.74, 6) is -3.45. The average molecular weight is 463 g/mol. The van der Waals surface area contributed by atoms with Crippen molar-refractivity contribution in [2.45, 2.75) is 31.7 Å². The maximum atomic E-state index is 12.9. The average Bonchev–Trinajstić information content (AvgIpc) is 2.61. The third kappa shape index (κ3) is 5.11. The summed E-state index contributed by atoms with van der Waals surface area (Å²) in [6.45, 7) is 1.72. The highest BCUT2D eigenvalue weighted by molar-refractivity contribution is 9.13. The van der Waals surface area contributed by atoms with Gasteiger partial charge < -0.3 is 5.32 Å². The lowest BCUT2D eigenvalue weighted by Gasteiger charge is -2.30. The van der Waals surface area contributed by atoms with E-state index in [2.05, 4.69) is 37.2 Å². The summed E-state index contributed by atoms with van der Waals surface area (Å²) >= 11 is 7.00. The summed E-state index contributed by atoms with van der Waals surface area (Å²) in [4.78, 5) is -0.0261. The summed E-state index contributed by atoms with van der Waals surface area (Å²) in [7, 11) is 0. The summed E-state index contributed by atoms with van der Waals surface area (Å²) < 4.78 is 78.3. The molecule has 0 aromatic carbocycles. The summed E-state index contributed by atoms with van der Waals surface area (Å²) in [6.07, 6.45) is -10.3. The highest BCUT2D eigenvalue weighted by Crippen LogP contribution is 2.49. The molecular formula is C11H11Br2F6NS. The molecule has 0 saturated carbocycles. The summed E-state index contributed by atoms with van der Waals surface area (Å²) in [6, 6.07) is -0.593. The van der Waals surface area contributed by atoms with Crippen LogP contribution in [0.25, 0.3) is 0 Å². The zero-order chi connectivity index (χ0) is 16.4. The molecule has 1 heterocycles.